The number of hydrogen-bond acceptors (Lipinski definition) is 3. The molecule has 0 saturated heterocycles. The van der Waals surface area contributed by atoms with Crippen LogP contribution in [0, 0.1) is 0 Å². The van der Waals surface area contributed by atoms with Crippen molar-refractivity contribution in [2.24, 2.45) is 0 Å². The van der Waals surface area contributed by atoms with Crippen molar-refractivity contribution < 1.29 is 13.4 Å². The van der Waals surface area contributed by atoms with Crippen LogP contribution in [-0.2, 0) is 0 Å². The van der Waals surface area contributed by atoms with Crippen molar-refractivity contribution in [2.45, 2.75) is 0 Å². The minimum atomic E-state index is 0.741. The molecule has 2 aliphatic heterocycles. The van der Waals surface area contributed by atoms with Crippen LogP contribution in [0.1, 0.15) is 0 Å². The van der Waals surface area contributed by atoms with E-state index in [1.165, 1.54) is 18.8 Å². The maximum absolute atomic E-state index is 5.17. The summed E-state index contributed by atoms with van der Waals surface area (Å²) in [5, 5.41) is 2.72. The number of hydrogen-bond donors (Lipinski definition) is 1. The fourth-order valence-electron chi connectivity index (χ4n) is 1.22. The summed E-state index contributed by atoms with van der Waals surface area (Å²) in [6.45, 7) is 0. The van der Waals surface area contributed by atoms with Crippen molar-refractivity contribution in [3.05, 3.63) is 73.8 Å². The number of H-pyrrole nitrogens is 1. The fraction of sp³-hybridized carbons (Fsp3) is 0. The summed E-state index contributed by atoms with van der Waals surface area (Å²) in [6.07, 6.45) is 7.56. The molecule has 2 rings (SSSR count). The highest BCUT2D eigenvalue weighted by atomic mass is 16.5. The predicted octanol–water partition coefficient (Wildman–Crippen LogP) is 4.27. The number of fused-ring (bicyclic) bond motifs is 1. The molecule has 0 aliphatic carbocycles. The largest absolute Gasteiger partial charge is 0.469 e. The van der Waals surface area contributed by atoms with Gasteiger partial charge in [-0.1, -0.05) is 30.3 Å². The molecule has 0 spiro atoms. The fourth-order valence-corrected chi connectivity index (χ4v) is 1.22. The van der Waals surface area contributed by atoms with Gasteiger partial charge in [-0.15, -0.1) is 0 Å². The van der Waals surface area contributed by atoms with E-state index in [4.69, 9.17) is 13.4 Å². The molecule has 0 fully saturated rings. The van der Waals surface area contributed by atoms with Gasteiger partial charge in [0.15, 0.2) is 0 Å². The highest BCUT2D eigenvalue weighted by molar-refractivity contribution is 5.54. The van der Waals surface area contributed by atoms with Gasteiger partial charge in [0.25, 0.3) is 0 Å². The molecule has 0 amide bonds. The molecular weight excluding hydrogens is 230 g/mol. The van der Waals surface area contributed by atoms with Crippen LogP contribution in [0.5, 0.6) is 0 Å². The Labute approximate surface area is 104 Å². The van der Waals surface area contributed by atoms with Gasteiger partial charge in [-0.05, 0) is 12.1 Å². The Hall–Kier alpha value is -2.62. The summed E-state index contributed by atoms with van der Waals surface area (Å²) in [5.74, 6) is 0. The average molecular weight is 243 g/mol. The molecule has 0 aromatic heterocycles. The zero-order valence-electron chi connectivity index (χ0n) is 9.65. The minimum Gasteiger partial charge on any atom is -0.469 e. The summed E-state index contributed by atoms with van der Waals surface area (Å²) >= 11 is 0. The third-order valence-electron chi connectivity index (χ3n) is 2.05. The number of aromatic amines is 1. The Balaban J connectivity index is 2.47. The normalized spacial score (nSPS) is 9.11. The van der Waals surface area contributed by atoms with Crippen LogP contribution in [-0.4, -0.2) is 5.16 Å². The summed E-state index contributed by atoms with van der Waals surface area (Å²) in [7, 11) is 0. The monoisotopic (exact) mass is 243 g/mol. The Morgan fingerprint density at radius 3 is 2.44 bits per heavy atom. The highest BCUT2D eigenvalue weighted by Gasteiger charge is 1.98. The summed E-state index contributed by atoms with van der Waals surface area (Å²) in [6, 6.07) is 13.2. The van der Waals surface area contributed by atoms with Gasteiger partial charge in [0.2, 0.25) is 0 Å². The van der Waals surface area contributed by atoms with Gasteiger partial charge in [-0.2, -0.15) is 0 Å². The van der Waals surface area contributed by atoms with E-state index in [1.807, 2.05) is 36.4 Å². The lowest BCUT2D eigenvalue weighted by Crippen LogP contribution is -1.67. The maximum Gasteiger partial charge on any atom is 0.128 e. The molecule has 0 atom stereocenters. The van der Waals surface area contributed by atoms with Crippen LogP contribution in [0.2, 0.25) is 0 Å². The average Bonchev–Trinajstić information content (AvgIpc) is 2.81. The number of nitrogens with one attached hydrogen (secondary N) is 1. The van der Waals surface area contributed by atoms with E-state index >= 15 is 0 Å². The summed E-state index contributed by atoms with van der Waals surface area (Å²) < 4.78 is 15.2. The minimum absolute atomic E-state index is 0.741. The van der Waals surface area contributed by atoms with Crippen molar-refractivity contribution >= 4 is 0 Å². The lowest BCUT2D eigenvalue weighted by Gasteiger charge is -1.84. The smallest absolute Gasteiger partial charge is 0.128 e. The van der Waals surface area contributed by atoms with Crippen molar-refractivity contribution in [2.75, 3.05) is 0 Å². The Morgan fingerprint density at radius 1 is 0.722 bits per heavy atom. The van der Waals surface area contributed by atoms with E-state index in [1.54, 1.807) is 18.6 Å². The van der Waals surface area contributed by atoms with Crippen LogP contribution < -0.4 is 0 Å². The van der Waals surface area contributed by atoms with Gasteiger partial charge in [-0.25, -0.2) is 5.16 Å². The van der Waals surface area contributed by atoms with Crippen molar-refractivity contribution in [3.63, 3.8) is 0 Å². The zero-order valence-corrected chi connectivity index (χ0v) is 9.65. The van der Waals surface area contributed by atoms with Gasteiger partial charge in [0, 0.05) is 5.56 Å². The Bertz CT molecular complexity index is 538. The van der Waals surface area contributed by atoms with Gasteiger partial charge in [0.1, 0.15) is 30.7 Å². The van der Waals surface area contributed by atoms with E-state index in [0.717, 1.165) is 11.3 Å². The standard InChI is InChI=1S/C14H13NO3/c1-2-4-6-8-16-9-10-17-12-14-13(7-5-3-1)11-18-15-14/h1-12,15H. The Morgan fingerprint density at radius 2 is 1.50 bits per heavy atom. The molecule has 0 unspecified atom stereocenters. The van der Waals surface area contributed by atoms with Crippen LogP contribution in [0.3, 0.4) is 0 Å². The molecule has 2 heterocycles. The molecule has 4 nitrogen and oxygen atoms in total. The van der Waals surface area contributed by atoms with Gasteiger partial charge < -0.3 is 13.4 Å². The maximum atomic E-state index is 5.17. The first kappa shape index (κ1) is 11.9. The molecule has 4 heteroatoms. The molecule has 0 bridgehead atoms. The SMILES string of the molecule is c1ccccc2co[nH]c-2coccoccc1. The van der Waals surface area contributed by atoms with Gasteiger partial charge >= 0.3 is 0 Å². The van der Waals surface area contributed by atoms with Crippen LogP contribution in [0.25, 0.3) is 11.3 Å². The number of aromatic nitrogens is 1. The van der Waals surface area contributed by atoms with E-state index < -0.39 is 0 Å². The quantitative estimate of drug-likeness (QED) is 0.751. The molecular formula is C14H13NO3. The van der Waals surface area contributed by atoms with Crippen molar-refractivity contribution in [1.29, 1.82) is 0 Å². The number of rotatable bonds is 0. The van der Waals surface area contributed by atoms with Crippen LogP contribution >= 0.6 is 0 Å². The first-order valence-electron chi connectivity index (χ1n) is 5.42. The lowest BCUT2D eigenvalue weighted by molar-refractivity contribution is 0.421. The third-order valence-corrected chi connectivity index (χ3v) is 2.05. The second kappa shape index (κ2) is 6.85. The van der Waals surface area contributed by atoms with Crippen LogP contribution in [0.15, 0.2) is 87.1 Å². The topological polar surface area (TPSA) is 55.2 Å². The summed E-state index contributed by atoms with van der Waals surface area (Å²) in [5.41, 5.74) is 1.64. The van der Waals surface area contributed by atoms with Gasteiger partial charge in [-0.3, -0.25) is 0 Å². The zero-order chi connectivity index (χ0) is 12.5. The second-order valence-corrected chi connectivity index (χ2v) is 3.33. The first-order chi connectivity index (χ1) is 8.97. The van der Waals surface area contributed by atoms with Crippen LogP contribution in [0.4, 0.5) is 0 Å². The highest BCUT2D eigenvalue weighted by Crippen LogP contribution is 2.15. The molecule has 0 aromatic carbocycles. The lowest BCUT2D eigenvalue weighted by atomic mass is 10.2. The van der Waals surface area contributed by atoms with E-state index in [0.29, 0.717) is 0 Å². The molecule has 2 aliphatic rings. The molecule has 0 saturated carbocycles. The molecule has 92 valence electrons. The predicted molar refractivity (Wildman–Crippen MR) is 67.1 cm³/mol. The molecule has 0 radical (unpaired) electrons. The van der Waals surface area contributed by atoms with Crippen molar-refractivity contribution in [3.8, 4) is 11.3 Å². The molecule has 18 heavy (non-hydrogen) atoms. The van der Waals surface area contributed by atoms with E-state index in [-0.39, 0.29) is 0 Å². The van der Waals surface area contributed by atoms with Gasteiger partial charge in [0.05, 0.1) is 6.26 Å². The second-order valence-electron chi connectivity index (χ2n) is 3.33. The molecule has 1 N–H and O–H groups in total. The first-order valence-corrected chi connectivity index (χ1v) is 5.42. The van der Waals surface area contributed by atoms with E-state index in [9.17, 15) is 0 Å². The third kappa shape index (κ3) is 3.75. The van der Waals surface area contributed by atoms with E-state index in [2.05, 4.69) is 5.16 Å². The summed E-state index contributed by atoms with van der Waals surface area (Å²) in [4.78, 5) is 0. The van der Waals surface area contributed by atoms with Crippen molar-refractivity contribution in [1.82, 2.24) is 5.16 Å². The Kier molecular flexibility index (Phi) is 4.51. The molecule has 0 aromatic rings.